The third kappa shape index (κ3) is 7.12. The van der Waals surface area contributed by atoms with Crippen molar-refractivity contribution in [1.82, 2.24) is 20.2 Å². The summed E-state index contributed by atoms with van der Waals surface area (Å²) >= 11 is 3.31. The molecule has 2 aromatic heterocycles. The van der Waals surface area contributed by atoms with Crippen LogP contribution in [0, 0.1) is 5.92 Å². The van der Waals surface area contributed by atoms with E-state index in [1.807, 2.05) is 17.3 Å². The number of rotatable bonds is 8. The highest BCUT2D eigenvalue weighted by molar-refractivity contribution is 8.00. The molecule has 2 N–H and O–H groups in total. The first-order chi connectivity index (χ1) is 17.2. The maximum atomic E-state index is 13.2. The zero-order valence-corrected chi connectivity index (χ0v) is 23.1. The predicted molar refractivity (Wildman–Crippen MR) is 144 cm³/mol. The molecule has 0 aromatic carbocycles. The minimum atomic E-state index is -0.142. The summed E-state index contributed by atoms with van der Waals surface area (Å²) in [5, 5.41) is 7.42. The second-order valence-corrected chi connectivity index (χ2v) is 13.0. The molecular formula is C26H37N5O3S2. The number of hydrogen-bond donors (Lipinski definition) is 2. The average Bonchev–Trinajstić information content (AvgIpc) is 3.52. The van der Waals surface area contributed by atoms with Crippen LogP contribution in [0.3, 0.4) is 0 Å². The smallest absolute Gasteiger partial charge is 0.243 e. The largest absolute Gasteiger partial charge is 0.444 e. The van der Waals surface area contributed by atoms with Crippen molar-refractivity contribution < 1.29 is 14.0 Å². The van der Waals surface area contributed by atoms with Crippen molar-refractivity contribution in [3.05, 3.63) is 36.7 Å². The van der Waals surface area contributed by atoms with Crippen molar-refractivity contribution in [2.45, 2.75) is 86.8 Å². The van der Waals surface area contributed by atoms with Crippen molar-refractivity contribution in [3.63, 3.8) is 0 Å². The van der Waals surface area contributed by atoms with Crippen molar-refractivity contribution in [2.24, 2.45) is 5.92 Å². The van der Waals surface area contributed by atoms with Crippen LogP contribution in [0.4, 0.5) is 5.13 Å². The summed E-state index contributed by atoms with van der Waals surface area (Å²) in [4.78, 5) is 35.7. The number of likely N-dealkylation sites (tertiary alicyclic amines) is 1. The van der Waals surface area contributed by atoms with E-state index in [1.165, 1.54) is 6.08 Å². The van der Waals surface area contributed by atoms with Crippen LogP contribution >= 0.6 is 23.1 Å². The molecule has 1 aliphatic carbocycles. The lowest BCUT2D eigenvalue weighted by molar-refractivity contribution is -0.137. The molecule has 36 heavy (non-hydrogen) atoms. The number of aromatic nitrogens is 2. The van der Waals surface area contributed by atoms with Crippen LogP contribution in [-0.2, 0) is 20.8 Å². The molecule has 0 radical (unpaired) electrons. The van der Waals surface area contributed by atoms with Gasteiger partial charge < -0.3 is 20.0 Å². The van der Waals surface area contributed by atoms with E-state index in [-0.39, 0.29) is 35.2 Å². The van der Waals surface area contributed by atoms with Crippen LogP contribution in [-0.4, -0.2) is 51.9 Å². The number of piperidine rings is 1. The molecule has 2 aromatic rings. The molecule has 2 amide bonds. The summed E-state index contributed by atoms with van der Waals surface area (Å²) in [6, 6.07) is 0.378. The van der Waals surface area contributed by atoms with Crippen molar-refractivity contribution in [1.29, 1.82) is 0 Å². The monoisotopic (exact) mass is 531 g/mol. The number of amides is 2. The number of carbonyl (C=O) groups is 2. The Labute approximate surface area is 221 Å². The number of thiazole rings is 1. The molecule has 1 aliphatic heterocycles. The van der Waals surface area contributed by atoms with Crippen LogP contribution in [0.1, 0.15) is 70.9 Å². The summed E-state index contributed by atoms with van der Waals surface area (Å²) in [5.74, 6) is 2.46. The van der Waals surface area contributed by atoms with E-state index in [2.05, 4.69) is 48.0 Å². The topological polar surface area (TPSA) is 100 Å². The quantitative estimate of drug-likeness (QED) is 0.366. The van der Waals surface area contributed by atoms with Crippen LogP contribution < -0.4 is 10.6 Å². The van der Waals surface area contributed by atoms with Gasteiger partial charge in [0.1, 0.15) is 5.76 Å². The van der Waals surface area contributed by atoms with Crippen molar-refractivity contribution in [2.75, 3.05) is 18.4 Å². The Morgan fingerprint density at radius 2 is 1.97 bits per heavy atom. The number of nitrogens with one attached hydrogen (secondary N) is 2. The number of thioether (sulfide) groups is 1. The third-order valence-electron chi connectivity index (χ3n) is 6.80. The minimum Gasteiger partial charge on any atom is -0.444 e. The van der Waals surface area contributed by atoms with Gasteiger partial charge in [0.15, 0.2) is 5.13 Å². The standard InChI is InChI=1S/C26H37N5O3S2/c1-5-21(32)29-18-9-11-31(12-10-18)24(33)17-7-6-8-19(13-17)30-25-28-15-23(36-25)35-16-22-27-14-20(34-22)26(2,3)4/h5,14-15,17-19H,1,6-13,16H2,2-4H3,(H,28,30)(H,29,32)/t17?,19-/m1/s1. The van der Waals surface area contributed by atoms with Crippen LogP contribution in [0.25, 0.3) is 0 Å². The molecule has 4 rings (SSSR count). The van der Waals surface area contributed by atoms with Crippen molar-refractivity contribution in [3.8, 4) is 0 Å². The Morgan fingerprint density at radius 3 is 2.67 bits per heavy atom. The molecule has 8 nitrogen and oxygen atoms in total. The molecular weight excluding hydrogens is 494 g/mol. The molecule has 196 valence electrons. The van der Waals surface area contributed by atoms with Gasteiger partial charge in [0.25, 0.3) is 0 Å². The first kappa shape index (κ1) is 26.7. The summed E-state index contributed by atoms with van der Waals surface area (Å²) in [7, 11) is 0. The molecule has 1 saturated carbocycles. The molecule has 10 heteroatoms. The SMILES string of the molecule is C=CC(=O)NC1CCN(C(=O)C2CCC[C@@H](Nc3ncc(SCc4ncc(C(C)(C)C)o4)s3)C2)CC1. The first-order valence-corrected chi connectivity index (χ1v) is 14.5. The number of hydrogen-bond acceptors (Lipinski definition) is 8. The molecule has 2 atom stereocenters. The Kier molecular flexibility index (Phi) is 8.77. The minimum absolute atomic E-state index is 0.0454. The Morgan fingerprint density at radius 1 is 1.19 bits per heavy atom. The van der Waals surface area contributed by atoms with Gasteiger partial charge >= 0.3 is 0 Å². The highest BCUT2D eigenvalue weighted by Gasteiger charge is 2.32. The lowest BCUT2D eigenvalue weighted by Crippen LogP contribution is -2.48. The van der Waals surface area contributed by atoms with Gasteiger partial charge in [-0.1, -0.05) is 45.1 Å². The van der Waals surface area contributed by atoms with E-state index in [4.69, 9.17) is 4.42 Å². The van der Waals surface area contributed by atoms with Crippen LogP contribution in [0.5, 0.6) is 0 Å². The van der Waals surface area contributed by atoms with Crippen LogP contribution in [0.2, 0.25) is 0 Å². The summed E-state index contributed by atoms with van der Waals surface area (Å²) < 4.78 is 7.00. The van der Waals surface area contributed by atoms with E-state index >= 15 is 0 Å². The van der Waals surface area contributed by atoms with Gasteiger partial charge in [0.05, 0.1) is 22.4 Å². The normalized spacial score (nSPS) is 21.2. The third-order valence-corrected chi connectivity index (χ3v) is 8.91. The maximum absolute atomic E-state index is 13.2. The average molecular weight is 532 g/mol. The fourth-order valence-corrected chi connectivity index (χ4v) is 6.53. The summed E-state index contributed by atoms with van der Waals surface area (Å²) in [6.45, 7) is 11.2. The number of nitrogens with zero attached hydrogens (tertiary/aromatic N) is 3. The Hall–Kier alpha value is -2.33. The van der Waals surface area contributed by atoms with E-state index in [9.17, 15) is 9.59 Å². The second kappa shape index (κ2) is 11.8. The van der Waals surface area contributed by atoms with E-state index in [0.717, 1.165) is 59.5 Å². The number of oxazole rings is 1. The molecule has 2 fully saturated rings. The molecule has 0 spiro atoms. The Balaban J connectivity index is 1.23. The maximum Gasteiger partial charge on any atom is 0.243 e. The van der Waals surface area contributed by atoms with Gasteiger partial charge in [0.2, 0.25) is 17.7 Å². The number of anilines is 1. The lowest BCUT2D eigenvalue weighted by atomic mass is 9.84. The zero-order chi connectivity index (χ0) is 25.7. The summed E-state index contributed by atoms with van der Waals surface area (Å²) in [6.07, 6.45) is 10.5. The predicted octanol–water partition coefficient (Wildman–Crippen LogP) is 4.98. The molecule has 1 saturated heterocycles. The van der Waals surface area contributed by atoms with E-state index < -0.39 is 0 Å². The van der Waals surface area contributed by atoms with E-state index in [0.29, 0.717) is 18.8 Å². The lowest BCUT2D eigenvalue weighted by Gasteiger charge is -2.37. The highest BCUT2D eigenvalue weighted by Crippen LogP contribution is 2.34. The fourth-order valence-electron chi connectivity index (χ4n) is 4.73. The van der Waals surface area contributed by atoms with E-state index in [1.54, 1.807) is 23.1 Å². The van der Waals surface area contributed by atoms with Gasteiger partial charge in [-0.3, -0.25) is 9.59 Å². The van der Waals surface area contributed by atoms with Gasteiger partial charge in [-0.05, 0) is 38.2 Å². The first-order valence-electron chi connectivity index (χ1n) is 12.7. The van der Waals surface area contributed by atoms with Gasteiger partial charge in [0, 0.05) is 36.5 Å². The van der Waals surface area contributed by atoms with Gasteiger partial charge in [-0.25, -0.2) is 9.97 Å². The number of carbonyl (C=O) groups excluding carboxylic acids is 2. The zero-order valence-electron chi connectivity index (χ0n) is 21.4. The Bertz CT molecular complexity index is 1050. The molecule has 2 aliphatic rings. The van der Waals surface area contributed by atoms with Gasteiger partial charge in [-0.2, -0.15) is 0 Å². The van der Waals surface area contributed by atoms with Crippen molar-refractivity contribution >= 4 is 40.0 Å². The fraction of sp³-hybridized carbons (Fsp3) is 0.615. The molecule has 3 heterocycles. The van der Waals surface area contributed by atoms with Gasteiger partial charge in [-0.15, -0.1) is 11.8 Å². The molecule has 1 unspecified atom stereocenters. The highest BCUT2D eigenvalue weighted by atomic mass is 32.2. The molecule has 0 bridgehead atoms. The second-order valence-electron chi connectivity index (χ2n) is 10.7. The van der Waals surface area contributed by atoms with Crippen LogP contribution in [0.15, 0.2) is 33.7 Å². The summed E-state index contributed by atoms with van der Waals surface area (Å²) in [5.41, 5.74) is -0.0454.